The quantitative estimate of drug-likeness (QED) is 0.763. The lowest BCUT2D eigenvalue weighted by Crippen LogP contribution is -2.08. The predicted octanol–water partition coefficient (Wildman–Crippen LogP) is 4.86. The standard InChI is InChI=1S/C13H17NS.C2H6/c1-13(2,3)10-15-9-12-6-4-11(8-14)5-7-12;1-2/h4-7H,9-10H2,1-3H3;1-2H3. The van der Waals surface area contributed by atoms with Crippen LogP contribution in [0.5, 0.6) is 0 Å². The third-order valence-corrected chi connectivity index (χ3v) is 3.49. The summed E-state index contributed by atoms with van der Waals surface area (Å²) in [5.74, 6) is 2.19. The molecule has 1 aromatic carbocycles. The maximum Gasteiger partial charge on any atom is 0.0991 e. The number of nitrogens with zero attached hydrogens (tertiary/aromatic N) is 1. The van der Waals surface area contributed by atoms with Gasteiger partial charge in [0.05, 0.1) is 11.6 Å². The lowest BCUT2D eigenvalue weighted by molar-refractivity contribution is 0.480. The van der Waals surface area contributed by atoms with Crippen molar-refractivity contribution in [2.45, 2.75) is 40.4 Å². The highest BCUT2D eigenvalue weighted by Gasteiger charge is 2.09. The number of hydrogen-bond donors (Lipinski definition) is 0. The van der Waals surface area contributed by atoms with Crippen molar-refractivity contribution in [3.63, 3.8) is 0 Å². The van der Waals surface area contributed by atoms with Crippen molar-refractivity contribution in [2.75, 3.05) is 5.75 Å². The van der Waals surface area contributed by atoms with E-state index in [-0.39, 0.29) is 0 Å². The van der Waals surface area contributed by atoms with E-state index in [4.69, 9.17) is 5.26 Å². The van der Waals surface area contributed by atoms with Gasteiger partial charge in [0.25, 0.3) is 0 Å². The fourth-order valence-electron chi connectivity index (χ4n) is 1.15. The Hall–Kier alpha value is -0.940. The van der Waals surface area contributed by atoms with Crippen LogP contribution in [-0.2, 0) is 5.75 Å². The lowest BCUT2D eigenvalue weighted by Gasteiger charge is -2.17. The molecule has 17 heavy (non-hydrogen) atoms. The van der Waals surface area contributed by atoms with Gasteiger partial charge in [0, 0.05) is 5.75 Å². The summed E-state index contributed by atoms with van der Waals surface area (Å²) in [5, 5.41) is 8.66. The van der Waals surface area contributed by atoms with Gasteiger partial charge >= 0.3 is 0 Å². The van der Waals surface area contributed by atoms with E-state index in [0.29, 0.717) is 5.41 Å². The Labute approximate surface area is 110 Å². The molecule has 1 rings (SSSR count). The first-order chi connectivity index (χ1) is 8.01. The van der Waals surface area contributed by atoms with Crippen molar-refractivity contribution in [2.24, 2.45) is 5.41 Å². The SMILES string of the molecule is CC.CC(C)(C)CSCc1ccc(C#N)cc1. The summed E-state index contributed by atoms with van der Waals surface area (Å²) >= 11 is 1.94. The van der Waals surface area contributed by atoms with Crippen molar-refractivity contribution >= 4 is 11.8 Å². The van der Waals surface area contributed by atoms with E-state index in [2.05, 4.69) is 26.8 Å². The summed E-state index contributed by atoms with van der Waals surface area (Å²) in [5.41, 5.74) is 2.42. The molecule has 0 radical (unpaired) electrons. The fraction of sp³-hybridized carbons (Fsp3) is 0.533. The zero-order valence-electron chi connectivity index (χ0n) is 11.6. The molecule has 0 aliphatic heterocycles. The van der Waals surface area contributed by atoms with Gasteiger partial charge in [-0.2, -0.15) is 17.0 Å². The van der Waals surface area contributed by atoms with Crippen molar-refractivity contribution < 1.29 is 0 Å². The third-order valence-electron chi connectivity index (χ3n) is 1.89. The summed E-state index contributed by atoms with van der Waals surface area (Å²) in [7, 11) is 0. The van der Waals surface area contributed by atoms with Gasteiger partial charge in [-0.15, -0.1) is 0 Å². The van der Waals surface area contributed by atoms with Gasteiger partial charge in [-0.05, 0) is 28.9 Å². The van der Waals surface area contributed by atoms with Crippen LogP contribution in [0.25, 0.3) is 0 Å². The van der Waals surface area contributed by atoms with Crippen LogP contribution in [0, 0.1) is 16.7 Å². The first kappa shape index (κ1) is 16.1. The summed E-state index contributed by atoms with van der Waals surface area (Å²) in [4.78, 5) is 0. The van der Waals surface area contributed by atoms with E-state index in [1.54, 1.807) is 0 Å². The Morgan fingerprint density at radius 2 is 1.65 bits per heavy atom. The molecule has 0 saturated heterocycles. The fourth-order valence-corrected chi connectivity index (χ4v) is 2.29. The van der Waals surface area contributed by atoms with Crippen LogP contribution in [0.2, 0.25) is 0 Å². The van der Waals surface area contributed by atoms with Gasteiger partial charge in [-0.1, -0.05) is 46.8 Å². The number of nitriles is 1. The van der Waals surface area contributed by atoms with Crippen LogP contribution >= 0.6 is 11.8 Å². The van der Waals surface area contributed by atoms with Gasteiger partial charge in [-0.3, -0.25) is 0 Å². The molecule has 0 unspecified atom stereocenters. The normalized spacial score (nSPS) is 10.1. The van der Waals surface area contributed by atoms with Crippen LogP contribution in [0.15, 0.2) is 24.3 Å². The van der Waals surface area contributed by atoms with Crippen LogP contribution in [-0.4, -0.2) is 5.75 Å². The monoisotopic (exact) mass is 249 g/mol. The minimum atomic E-state index is 0.386. The molecule has 0 aliphatic carbocycles. The highest BCUT2D eigenvalue weighted by Crippen LogP contribution is 2.23. The maximum absolute atomic E-state index is 8.66. The van der Waals surface area contributed by atoms with Crippen molar-refractivity contribution in [3.05, 3.63) is 35.4 Å². The topological polar surface area (TPSA) is 23.8 Å². The molecule has 94 valence electrons. The highest BCUT2D eigenvalue weighted by atomic mass is 32.2. The Kier molecular flexibility index (Phi) is 7.74. The molecule has 0 spiro atoms. The zero-order chi connectivity index (χ0) is 13.3. The van der Waals surface area contributed by atoms with Crippen molar-refractivity contribution in [1.29, 1.82) is 5.26 Å². The molecule has 0 atom stereocenters. The van der Waals surface area contributed by atoms with Gasteiger partial charge < -0.3 is 0 Å². The average molecular weight is 249 g/mol. The predicted molar refractivity (Wildman–Crippen MR) is 78.1 cm³/mol. The van der Waals surface area contributed by atoms with E-state index < -0.39 is 0 Å². The molecule has 0 aromatic heterocycles. The molecule has 0 N–H and O–H groups in total. The third kappa shape index (κ3) is 7.88. The molecule has 1 aromatic rings. The van der Waals surface area contributed by atoms with Crippen molar-refractivity contribution in [1.82, 2.24) is 0 Å². The average Bonchev–Trinajstić information content (AvgIpc) is 2.31. The van der Waals surface area contributed by atoms with E-state index in [0.717, 1.165) is 17.1 Å². The molecule has 0 bridgehead atoms. The summed E-state index contributed by atoms with van der Waals surface area (Å²) in [6.45, 7) is 10.7. The molecule has 1 nitrogen and oxygen atoms in total. The number of rotatable bonds is 3. The number of hydrogen-bond acceptors (Lipinski definition) is 2. The van der Waals surface area contributed by atoms with Gasteiger partial charge in [0.15, 0.2) is 0 Å². The smallest absolute Gasteiger partial charge is 0.0991 e. The minimum absolute atomic E-state index is 0.386. The Bertz CT molecular complexity index is 341. The molecule has 2 heteroatoms. The Morgan fingerprint density at radius 1 is 1.12 bits per heavy atom. The lowest BCUT2D eigenvalue weighted by atomic mass is 10.0. The van der Waals surface area contributed by atoms with E-state index in [9.17, 15) is 0 Å². The van der Waals surface area contributed by atoms with E-state index in [1.807, 2.05) is 49.9 Å². The van der Waals surface area contributed by atoms with E-state index in [1.165, 1.54) is 5.56 Å². The Balaban J connectivity index is 0.00000121. The molecule has 0 saturated carbocycles. The largest absolute Gasteiger partial charge is 0.192 e. The van der Waals surface area contributed by atoms with Gasteiger partial charge in [0.1, 0.15) is 0 Å². The second-order valence-electron chi connectivity index (χ2n) is 4.86. The summed E-state index contributed by atoms with van der Waals surface area (Å²) in [6.07, 6.45) is 0. The Morgan fingerprint density at radius 3 is 2.06 bits per heavy atom. The molecule has 0 amide bonds. The molecule has 0 aliphatic rings. The first-order valence-electron chi connectivity index (χ1n) is 6.08. The van der Waals surface area contributed by atoms with Crippen LogP contribution in [0.3, 0.4) is 0 Å². The van der Waals surface area contributed by atoms with Gasteiger partial charge in [0.2, 0.25) is 0 Å². The summed E-state index contributed by atoms with van der Waals surface area (Å²) < 4.78 is 0. The molecule has 0 heterocycles. The molecule has 0 fully saturated rings. The van der Waals surface area contributed by atoms with Gasteiger partial charge in [-0.25, -0.2) is 0 Å². The number of thioether (sulfide) groups is 1. The second-order valence-corrected chi connectivity index (χ2v) is 5.85. The number of benzene rings is 1. The second kappa shape index (κ2) is 8.20. The summed E-state index contributed by atoms with van der Waals surface area (Å²) in [6, 6.07) is 9.96. The van der Waals surface area contributed by atoms with Crippen LogP contribution in [0.1, 0.15) is 45.7 Å². The van der Waals surface area contributed by atoms with Crippen molar-refractivity contribution in [3.8, 4) is 6.07 Å². The minimum Gasteiger partial charge on any atom is -0.192 e. The van der Waals surface area contributed by atoms with E-state index >= 15 is 0 Å². The van der Waals surface area contributed by atoms with Crippen LogP contribution in [0.4, 0.5) is 0 Å². The maximum atomic E-state index is 8.66. The molecular weight excluding hydrogens is 226 g/mol. The van der Waals surface area contributed by atoms with Crippen LogP contribution < -0.4 is 0 Å². The highest BCUT2D eigenvalue weighted by molar-refractivity contribution is 7.98. The zero-order valence-corrected chi connectivity index (χ0v) is 12.4. The molecular formula is C15H23NS. The first-order valence-corrected chi connectivity index (χ1v) is 7.23.